The first-order chi connectivity index (χ1) is 12.7. The largest absolute Gasteiger partial charge is 0.444 e. The number of carbonyl (C=O) groups is 1. The van der Waals surface area contributed by atoms with E-state index in [0.29, 0.717) is 29.6 Å². The molecule has 1 aliphatic rings. The van der Waals surface area contributed by atoms with Crippen LogP contribution in [0, 0.1) is 0 Å². The van der Waals surface area contributed by atoms with Crippen molar-refractivity contribution in [2.45, 2.75) is 39.3 Å². The van der Waals surface area contributed by atoms with E-state index in [0.717, 1.165) is 33.3 Å². The third kappa shape index (κ3) is 3.28. The molecule has 0 unspecified atom stereocenters. The first-order valence-corrected chi connectivity index (χ1v) is 9.48. The monoisotopic (exact) mass is 406 g/mol. The SMILES string of the molecule is CC(C)(C)OC(=O)N1CCc2[nH]c3c(Cl)c(Cl)cc(-c4cn[nH]c4)c3c2C1. The summed E-state index contributed by atoms with van der Waals surface area (Å²) in [5.41, 5.74) is 4.20. The Morgan fingerprint density at radius 2 is 2.11 bits per heavy atom. The molecule has 142 valence electrons. The molecule has 0 fully saturated rings. The molecule has 27 heavy (non-hydrogen) atoms. The zero-order valence-corrected chi connectivity index (χ0v) is 16.8. The molecule has 4 rings (SSSR count). The van der Waals surface area contributed by atoms with Gasteiger partial charge in [-0.3, -0.25) is 5.10 Å². The minimum atomic E-state index is -0.531. The quantitative estimate of drug-likeness (QED) is 0.585. The molecule has 0 saturated heterocycles. The summed E-state index contributed by atoms with van der Waals surface area (Å²) >= 11 is 12.8. The molecule has 6 nitrogen and oxygen atoms in total. The van der Waals surface area contributed by atoms with Crippen LogP contribution < -0.4 is 0 Å². The van der Waals surface area contributed by atoms with Crippen LogP contribution in [-0.2, 0) is 17.7 Å². The number of amides is 1. The van der Waals surface area contributed by atoms with Gasteiger partial charge in [-0.2, -0.15) is 5.10 Å². The summed E-state index contributed by atoms with van der Waals surface area (Å²) in [7, 11) is 0. The van der Waals surface area contributed by atoms with Crippen LogP contribution in [0.4, 0.5) is 4.79 Å². The van der Waals surface area contributed by atoms with Crippen LogP contribution in [0.25, 0.3) is 22.0 Å². The predicted octanol–water partition coefficient (Wildman–Crippen LogP) is 5.16. The highest BCUT2D eigenvalue weighted by Gasteiger charge is 2.29. The summed E-state index contributed by atoms with van der Waals surface area (Å²) in [5, 5.41) is 8.80. The van der Waals surface area contributed by atoms with E-state index in [2.05, 4.69) is 15.2 Å². The van der Waals surface area contributed by atoms with Gasteiger partial charge in [-0.1, -0.05) is 23.2 Å². The Bertz CT molecular complexity index is 1020. The minimum absolute atomic E-state index is 0.313. The van der Waals surface area contributed by atoms with Gasteiger partial charge in [0, 0.05) is 41.4 Å². The van der Waals surface area contributed by atoms with Crippen molar-refractivity contribution in [2.24, 2.45) is 0 Å². The van der Waals surface area contributed by atoms with E-state index in [-0.39, 0.29) is 6.09 Å². The maximum absolute atomic E-state index is 12.5. The molecule has 2 N–H and O–H groups in total. The van der Waals surface area contributed by atoms with Crippen molar-refractivity contribution in [1.82, 2.24) is 20.1 Å². The van der Waals surface area contributed by atoms with Crippen molar-refractivity contribution in [3.05, 3.63) is 39.8 Å². The molecule has 1 amide bonds. The van der Waals surface area contributed by atoms with E-state index in [1.54, 1.807) is 11.1 Å². The second-order valence-corrected chi connectivity index (χ2v) is 8.48. The summed E-state index contributed by atoms with van der Waals surface area (Å²) in [6.07, 6.45) is 3.94. The van der Waals surface area contributed by atoms with Crippen LogP contribution in [0.3, 0.4) is 0 Å². The van der Waals surface area contributed by atoms with Crippen LogP contribution in [0.15, 0.2) is 18.5 Å². The van der Waals surface area contributed by atoms with E-state index in [1.165, 1.54) is 0 Å². The average Bonchev–Trinajstić information content (AvgIpc) is 3.24. The topological polar surface area (TPSA) is 74.0 Å². The lowest BCUT2D eigenvalue weighted by Gasteiger charge is -2.30. The van der Waals surface area contributed by atoms with Gasteiger partial charge in [0.25, 0.3) is 0 Å². The molecule has 0 radical (unpaired) electrons. The number of H-pyrrole nitrogens is 2. The lowest BCUT2D eigenvalue weighted by molar-refractivity contribution is 0.0224. The van der Waals surface area contributed by atoms with Crippen molar-refractivity contribution in [1.29, 1.82) is 0 Å². The Hall–Kier alpha value is -2.18. The van der Waals surface area contributed by atoms with Crippen LogP contribution in [-0.4, -0.2) is 38.3 Å². The number of benzene rings is 1. The molecule has 3 aromatic rings. The van der Waals surface area contributed by atoms with E-state index in [1.807, 2.05) is 33.0 Å². The smallest absolute Gasteiger partial charge is 0.410 e. The highest BCUT2D eigenvalue weighted by Crippen LogP contribution is 2.42. The lowest BCUT2D eigenvalue weighted by atomic mass is 9.98. The third-order valence-electron chi connectivity index (χ3n) is 4.60. The number of hydrogen-bond donors (Lipinski definition) is 2. The summed E-state index contributed by atoms with van der Waals surface area (Å²) in [6, 6.07) is 1.84. The van der Waals surface area contributed by atoms with Crippen LogP contribution in [0.2, 0.25) is 10.0 Å². The number of nitrogens with zero attached hydrogens (tertiary/aromatic N) is 2. The molecule has 0 atom stereocenters. The highest BCUT2D eigenvalue weighted by atomic mass is 35.5. The van der Waals surface area contributed by atoms with E-state index >= 15 is 0 Å². The van der Waals surface area contributed by atoms with Crippen LogP contribution in [0.5, 0.6) is 0 Å². The van der Waals surface area contributed by atoms with Crippen LogP contribution >= 0.6 is 23.2 Å². The maximum atomic E-state index is 12.5. The Morgan fingerprint density at radius 1 is 1.33 bits per heavy atom. The van der Waals surface area contributed by atoms with Crippen molar-refractivity contribution in [3.8, 4) is 11.1 Å². The lowest BCUT2D eigenvalue weighted by Crippen LogP contribution is -2.39. The fourth-order valence-corrected chi connectivity index (χ4v) is 3.85. The molecule has 3 heterocycles. The van der Waals surface area contributed by atoms with Gasteiger partial charge in [-0.05, 0) is 32.4 Å². The molecule has 0 spiro atoms. The number of nitrogens with one attached hydrogen (secondary N) is 2. The van der Waals surface area contributed by atoms with Gasteiger partial charge in [-0.25, -0.2) is 4.79 Å². The van der Waals surface area contributed by atoms with Gasteiger partial charge in [0.05, 0.1) is 28.3 Å². The number of fused-ring (bicyclic) bond motifs is 3. The van der Waals surface area contributed by atoms with Crippen molar-refractivity contribution >= 4 is 40.2 Å². The van der Waals surface area contributed by atoms with Gasteiger partial charge in [0.1, 0.15) is 5.60 Å². The van der Waals surface area contributed by atoms with Gasteiger partial charge >= 0.3 is 6.09 Å². The van der Waals surface area contributed by atoms with Crippen molar-refractivity contribution < 1.29 is 9.53 Å². The fraction of sp³-hybridized carbons (Fsp3) is 0.368. The predicted molar refractivity (Wildman–Crippen MR) is 106 cm³/mol. The van der Waals surface area contributed by atoms with E-state index in [9.17, 15) is 4.79 Å². The zero-order chi connectivity index (χ0) is 19.3. The average molecular weight is 407 g/mol. The van der Waals surface area contributed by atoms with Crippen LogP contribution in [0.1, 0.15) is 32.0 Å². The first-order valence-electron chi connectivity index (χ1n) is 8.73. The summed E-state index contributed by atoms with van der Waals surface area (Å²) in [5.74, 6) is 0. The molecule has 2 aromatic heterocycles. The molecule has 0 saturated carbocycles. The van der Waals surface area contributed by atoms with Gasteiger partial charge in [0.15, 0.2) is 0 Å². The van der Waals surface area contributed by atoms with Crippen molar-refractivity contribution in [2.75, 3.05) is 6.54 Å². The number of hydrogen-bond acceptors (Lipinski definition) is 3. The third-order valence-corrected chi connectivity index (χ3v) is 5.39. The number of halogens is 2. The van der Waals surface area contributed by atoms with Gasteiger partial charge in [0.2, 0.25) is 0 Å². The van der Waals surface area contributed by atoms with Crippen molar-refractivity contribution in [3.63, 3.8) is 0 Å². The minimum Gasteiger partial charge on any atom is -0.444 e. The number of aromatic amines is 2. The molecule has 1 aliphatic heterocycles. The second kappa shape index (κ2) is 6.46. The number of aromatic nitrogens is 3. The Kier molecular flexibility index (Phi) is 4.35. The van der Waals surface area contributed by atoms with Gasteiger partial charge < -0.3 is 14.6 Å². The maximum Gasteiger partial charge on any atom is 0.410 e. The fourth-order valence-electron chi connectivity index (χ4n) is 3.45. The molecule has 1 aromatic carbocycles. The Morgan fingerprint density at radius 3 is 2.78 bits per heavy atom. The number of carbonyl (C=O) groups excluding carboxylic acids is 1. The van der Waals surface area contributed by atoms with E-state index < -0.39 is 5.60 Å². The molecule has 8 heteroatoms. The Balaban J connectivity index is 1.82. The Labute approximate surface area is 166 Å². The number of ether oxygens (including phenoxy) is 1. The highest BCUT2D eigenvalue weighted by molar-refractivity contribution is 6.45. The summed E-state index contributed by atoms with van der Waals surface area (Å²) in [4.78, 5) is 17.7. The zero-order valence-electron chi connectivity index (χ0n) is 15.3. The van der Waals surface area contributed by atoms with Gasteiger partial charge in [-0.15, -0.1) is 0 Å². The molecular weight excluding hydrogens is 387 g/mol. The number of rotatable bonds is 1. The molecule has 0 bridgehead atoms. The standard InChI is InChI=1S/C19H20Cl2N4O2/c1-19(2,3)27-18(26)25-5-4-14-12(9-25)15-11(10-7-22-23-8-10)6-13(20)16(21)17(15)24-14/h6-8,24H,4-5,9H2,1-3H3,(H,22,23). The summed E-state index contributed by atoms with van der Waals surface area (Å²) < 4.78 is 5.54. The first kappa shape index (κ1) is 18.2. The second-order valence-electron chi connectivity index (χ2n) is 7.69. The molecular formula is C19H20Cl2N4O2. The normalized spacial score (nSPS) is 14.5. The summed E-state index contributed by atoms with van der Waals surface area (Å²) in [6.45, 7) is 6.63. The molecule has 0 aliphatic carbocycles. The van der Waals surface area contributed by atoms with E-state index in [4.69, 9.17) is 27.9 Å².